The van der Waals surface area contributed by atoms with Crippen molar-refractivity contribution in [2.24, 2.45) is 0 Å². The summed E-state index contributed by atoms with van der Waals surface area (Å²) in [6, 6.07) is 0. The quantitative estimate of drug-likeness (QED) is 0.654. The van der Waals surface area contributed by atoms with Crippen LogP contribution in [-0.4, -0.2) is 34.8 Å². The molecule has 0 rings (SSSR count). The molecule has 0 aromatic carbocycles. The Balaban J connectivity index is 4.22. The maximum atomic E-state index is 9.74. The zero-order valence-electron chi connectivity index (χ0n) is 9.87. The molecule has 0 aromatic rings. The molecule has 0 heterocycles. The third kappa shape index (κ3) is 4.42. The normalized spacial score (nSPS) is 13.5. The van der Waals surface area contributed by atoms with Crippen molar-refractivity contribution < 1.29 is 19.4 Å². The van der Waals surface area contributed by atoms with Gasteiger partial charge in [0.15, 0.2) is 0 Å². The van der Waals surface area contributed by atoms with Gasteiger partial charge in [-0.3, -0.25) is 0 Å². The van der Waals surface area contributed by atoms with Crippen molar-refractivity contribution in [3.8, 4) is 0 Å². The molecule has 0 saturated carbocycles. The van der Waals surface area contributed by atoms with Crippen LogP contribution in [0.2, 0.25) is 0 Å². The summed E-state index contributed by atoms with van der Waals surface area (Å²) in [7, 11) is -1.31. The fraction of sp³-hybridized carbons (Fsp3) is 1.00. The van der Waals surface area contributed by atoms with Gasteiger partial charge in [-0.05, 0) is 41.5 Å². The molecular weight excluding hydrogens is 183 g/mol. The van der Waals surface area contributed by atoms with Gasteiger partial charge in [0.1, 0.15) is 0 Å². The standard InChI is InChI=1S/C9H21BO4/c1-7(2)13-10(12)14-9(5,6)8(3,4)11/h7,11-12H,1-6H3. The largest absolute Gasteiger partial charge is 0.637 e. The lowest BCUT2D eigenvalue weighted by Crippen LogP contribution is -2.51. The Labute approximate surface area is 86.4 Å². The van der Waals surface area contributed by atoms with Crippen molar-refractivity contribution in [1.82, 2.24) is 0 Å². The summed E-state index contributed by atoms with van der Waals surface area (Å²) in [6.07, 6.45) is -0.123. The van der Waals surface area contributed by atoms with Gasteiger partial charge in [0.25, 0.3) is 0 Å². The van der Waals surface area contributed by atoms with Gasteiger partial charge in [-0.2, -0.15) is 0 Å². The van der Waals surface area contributed by atoms with E-state index >= 15 is 0 Å². The lowest BCUT2D eigenvalue weighted by molar-refractivity contribution is -0.115. The van der Waals surface area contributed by atoms with Crippen LogP contribution in [0.3, 0.4) is 0 Å². The number of hydrogen-bond acceptors (Lipinski definition) is 4. The number of rotatable bonds is 5. The summed E-state index contributed by atoms with van der Waals surface area (Å²) in [5.41, 5.74) is -1.92. The first-order valence-electron chi connectivity index (χ1n) is 4.80. The molecule has 0 aliphatic carbocycles. The molecule has 0 aliphatic rings. The molecule has 0 aliphatic heterocycles. The van der Waals surface area contributed by atoms with E-state index in [1.165, 1.54) is 0 Å². The predicted molar refractivity (Wildman–Crippen MR) is 55.7 cm³/mol. The van der Waals surface area contributed by atoms with E-state index in [1.54, 1.807) is 41.5 Å². The fourth-order valence-corrected chi connectivity index (χ4v) is 0.657. The highest BCUT2D eigenvalue weighted by Gasteiger charge is 2.40. The maximum absolute atomic E-state index is 9.74. The second-order valence-electron chi connectivity index (χ2n) is 4.68. The second-order valence-corrected chi connectivity index (χ2v) is 4.68. The van der Waals surface area contributed by atoms with Crippen LogP contribution >= 0.6 is 0 Å². The van der Waals surface area contributed by atoms with Crippen LogP contribution in [0.1, 0.15) is 41.5 Å². The lowest BCUT2D eigenvalue weighted by Gasteiger charge is -2.38. The molecule has 0 fully saturated rings. The van der Waals surface area contributed by atoms with Crippen LogP contribution in [0, 0.1) is 0 Å². The monoisotopic (exact) mass is 204 g/mol. The molecule has 0 bridgehead atoms. The highest BCUT2D eigenvalue weighted by atomic mass is 16.7. The third-order valence-corrected chi connectivity index (χ3v) is 2.26. The minimum Gasteiger partial charge on any atom is -0.402 e. The molecule has 4 nitrogen and oxygen atoms in total. The predicted octanol–water partition coefficient (Wildman–Crippen LogP) is 0.955. The Hall–Kier alpha value is -0.0951. The Bertz CT molecular complexity index is 174. The fourth-order valence-electron chi connectivity index (χ4n) is 0.657. The van der Waals surface area contributed by atoms with Gasteiger partial charge < -0.3 is 19.4 Å². The molecule has 0 radical (unpaired) electrons. The molecular formula is C9H21BO4. The first kappa shape index (κ1) is 13.9. The van der Waals surface area contributed by atoms with Gasteiger partial charge in [-0.15, -0.1) is 0 Å². The topological polar surface area (TPSA) is 58.9 Å². The van der Waals surface area contributed by atoms with Gasteiger partial charge in [0, 0.05) is 6.10 Å². The molecule has 0 unspecified atom stereocenters. The summed E-state index contributed by atoms with van der Waals surface area (Å²) in [6.45, 7) is 10.2. The molecule has 84 valence electrons. The van der Waals surface area contributed by atoms with Gasteiger partial charge in [0.05, 0.1) is 11.2 Å². The summed E-state index contributed by atoms with van der Waals surface area (Å²) in [5, 5.41) is 19.1. The SMILES string of the molecule is CC(C)OB(O)OC(C)(C)C(C)(C)O. The zero-order valence-corrected chi connectivity index (χ0v) is 9.87. The summed E-state index contributed by atoms with van der Waals surface area (Å²) < 4.78 is 10.2. The molecule has 0 spiro atoms. The molecule has 2 N–H and O–H groups in total. The smallest absolute Gasteiger partial charge is 0.402 e. The summed E-state index contributed by atoms with van der Waals surface area (Å²) in [4.78, 5) is 0. The van der Waals surface area contributed by atoms with E-state index in [0.29, 0.717) is 0 Å². The minimum absolute atomic E-state index is 0.123. The first-order valence-corrected chi connectivity index (χ1v) is 4.80. The van der Waals surface area contributed by atoms with Crippen molar-refractivity contribution >= 4 is 7.32 Å². The summed E-state index contributed by atoms with van der Waals surface area (Å²) >= 11 is 0. The molecule has 0 amide bonds. The van der Waals surface area contributed by atoms with E-state index in [4.69, 9.17) is 9.31 Å². The number of aliphatic hydroxyl groups is 1. The van der Waals surface area contributed by atoms with E-state index in [9.17, 15) is 10.1 Å². The van der Waals surface area contributed by atoms with Crippen molar-refractivity contribution in [3.63, 3.8) is 0 Å². The van der Waals surface area contributed by atoms with Crippen LogP contribution in [0.15, 0.2) is 0 Å². The van der Waals surface area contributed by atoms with E-state index in [0.717, 1.165) is 0 Å². The average molecular weight is 204 g/mol. The average Bonchev–Trinajstić information content (AvgIpc) is 1.79. The Morgan fingerprint density at radius 1 is 1.14 bits per heavy atom. The molecule has 5 heteroatoms. The van der Waals surface area contributed by atoms with Crippen molar-refractivity contribution in [2.75, 3.05) is 0 Å². The van der Waals surface area contributed by atoms with Crippen molar-refractivity contribution in [1.29, 1.82) is 0 Å². The zero-order chi connectivity index (χ0) is 11.6. The molecule has 0 aromatic heterocycles. The van der Waals surface area contributed by atoms with Crippen molar-refractivity contribution in [3.05, 3.63) is 0 Å². The van der Waals surface area contributed by atoms with Crippen LogP contribution in [-0.2, 0) is 9.31 Å². The second kappa shape index (κ2) is 4.62. The minimum atomic E-state index is -1.31. The van der Waals surface area contributed by atoms with Crippen LogP contribution in [0.5, 0.6) is 0 Å². The lowest BCUT2D eigenvalue weighted by atomic mass is 9.88. The van der Waals surface area contributed by atoms with E-state index in [2.05, 4.69) is 0 Å². The maximum Gasteiger partial charge on any atom is 0.637 e. The third-order valence-electron chi connectivity index (χ3n) is 2.26. The molecule has 14 heavy (non-hydrogen) atoms. The Kier molecular flexibility index (Phi) is 4.58. The van der Waals surface area contributed by atoms with Gasteiger partial charge >= 0.3 is 7.32 Å². The van der Waals surface area contributed by atoms with Crippen LogP contribution in [0.4, 0.5) is 0 Å². The first-order chi connectivity index (χ1) is 6.06. The molecule has 0 saturated heterocycles. The molecule has 0 atom stereocenters. The number of hydrogen-bond donors (Lipinski definition) is 2. The van der Waals surface area contributed by atoms with Gasteiger partial charge in [-0.25, -0.2) is 0 Å². The Morgan fingerprint density at radius 3 is 1.86 bits per heavy atom. The Morgan fingerprint density at radius 2 is 1.57 bits per heavy atom. The van der Waals surface area contributed by atoms with E-state index in [-0.39, 0.29) is 6.10 Å². The van der Waals surface area contributed by atoms with Crippen LogP contribution in [0.25, 0.3) is 0 Å². The van der Waals surface area contributed by atoms with E-state index < -0.39 is 18.5 Å². The van der Waals surface area contributed by atoms with Crippen molar-refractivity contribution in [2.45, 2.75) is 58.8 Å². The highest BCUT2D eigenvalue weighted by Crippen LogP contribution is 2.25. The van der Waals surface area contributed by atoms with Crippen LogP contribution < -0.4 is 0 Å². The van der Waals surface area contributed by atoms with E-state index in [1.807, 2.05) is 0 Å². The highest BCUT2D eigenvalue weighted by molar-refractivity contribution is 6.34. The van der Waals surface area contributed by atoms with Gasteiger partial charge in [0.2, 0.25) is 0 Å². The summed E-state index contributed by atoms with van der Waals surface area (Å²) in [5.74, 6) is 0. The van der Waals surface area contributed by atoms with Gasteiger partial charge in [-0.1, -0.05) is 0 Å².